The third-order valence-electron chi connectivity index (χ3n) is 4.85. The van der Waals surface area contributed by atoms with Crippen LogP contribution in [0.1, 0.15) is 30.0 Å². The fraction of sp³-hybridized carbons (Fsp3) is 0.208. The first kappa shape index (κ1) is 19.0. The van der Waals surface area contributed by atoms with Crippen LogP contribution in [0, 0.1) is 5.92 Å². The van der Waals surface area contributed by atoms with Crippen LogP contribution in [0.5, 0.6) is 0 Å². The van der Waals surface area contributed by atoms with Crippen LogP contribution < -0.4 is 5.32 Å². The highest BCUT2D eigenvalue weighted by molar-refractivity contribution is 6.58. The van der Waals surface area contributed by atoms with Crippen molar-refractivity contribution in [3.63, 3.8) is 0 Å². The Morgan fingerprint density at radius 1 is 0.815 bits per heavy atom. The van der Waals surface area contributed by atoms with E-state index in [0.717, 1.165) is 30.5 Å². The summed E-state index contributed by atoms with van der Waals surface area (Å²) in [6.45, 7) is 0. The van der Waals surface area contributed by atoms with Gasteiger partial charge in [-0.3, -0.25) is 0 Å². The van der Waals surface area contributed by atoms with Crippen LogP contribution in [0.3, 0.4) is 0 Å². The minimum Gasteiger partial charge on any atom is -0.378 e. The zero-order chi connectivity index (χ0) is 18.9. The second kappa shape index (κ2) is 9.77. The molecule has 0 spiro atoms. The van der Waals surface area contributed by atoms with E-state index in [1.54, 1.807) is 0 Å². The molecule has 3 heteroatoms. The normalized spacial score (nSPS) is 12.9. The van der Waals surface area contributed by atoms with Crippen LogP contribution in [-0.2, 0) is 11.2 Å². The van der Waals surface area contributed by atoms with Crippen LogP contribution in [0.4, 0.5) is 5.69 Å². The first-order valence-corrected chi connectivity index (χ1v) is 9.44. The fourth-order valence-corrected chi connectivity index (χ4v) is 3.43. The Labute approximate surface area is 163 Å². The maximum atomic E-state index is 12.3. The average Bonchev–Trinajstić information content (AvgIpc) is 2.72. The summed E-state index contributed by atoms with van der Waals surface area (Å²) in [4.78, 5) is 12.3. The van der Waals surface area contributed by atoms with Crippen molar-refractivity contribution >= 4 is 19.2 Å². The lowest BCUT2D eigenvalue weighted by Gasteiger charge is -2.28. The van der Waals surface area contributed by atoms with E-state index in [0.29, 0.717) is 0 Å². The van der Waals surface area contributed by atoms with Crippen molar-refractivity contribution in [1.82, 2.24) is 0 Å². The quantitative estimate of drug-likeness (QED) is 0.538. The molecule has 0 saturated carbocycles. The van der Waals surface area contributed by atoms with Gasteiger partial charge in [0.05, 0.1) is 11.7 Å². The second-order valence-corrected chi connectivity index (χ2v) is 6.79. The molecule has 27 heavy (non-hydrogen) atoms. The number of hydrogen-bond donors (Lipinski definition) is 1. The van der Waals surface area contributed by atoms with Crippen molar-refractivity contribution in [2.45, 2.75) is 25.3 Å². The van der Waals surface area contributed by atoms with Gasteiger partial charge in [0.2, 0.25) is 0 Å². The standard InChI is InChI=1S/C24H24BNO/c25-24(27)22(18-10-13-19-11-4-1-5-12-19)23(20-14-6-2-7-15-20)26-21-16-8-3-9-17-21/h1-9,11-12,14-17,22-23,26H,10,13,18H2. The lowest BCUT2D eigenvalue weighted by Crippen LogP contribution is -2.28. The van der Waals surface area contributed by atoms with Crippen molar-refractivity contribution in [2.75, 3.05) is 5.32 Å². The number of hydrogen-bond acceptors (Lipinski definition) is 2. The van der Waals surface area contributed by atoms with E-state index in [-0.39, 0.29) is 17.6 Å². The van der Waals surface area contributed by atoms with Crippen LogP contribution in [-0.4, -0.2) is 13.5 Å². The van der Waals surface area contributed by atoms with Gasteiger partial charge >= 0.3 is 0 Å². The van der Waals surface area contributed by atoms with Gasteiger partial charge in [-0.25, -0.2) is 0 Å². The smallest absolute Gasteiger partial charge is 0.168 e. The predicted molar refractivity (Wildman–Crippen MR) is 113 cm³/mol. The number of carbonyl (C=O) groups excluding carboxylic acids is 1. The molecule has 0 fully saturated rings. The van der Waals surface area contributed by atoms with Gasteiger partial charge < -0.3 is 10.1 Å². The largest absolute Gasteiger partial charge is 0.378 e. The molecule has 0 saturated heterocycles. The van der Waals surface area contributed by atoms with E-state index >= 15 is 0 Å². The van der Waals surface area contributed by atoms with Gasteiger partial charge in [-0.2, -0.15) is 0 Å². The molecule has 3 aromatic carbocycles. The molecule has 3 aromatic rings. The first-order chi connectivity index (χ1) is 13.2. The highest BCUT2D eigenvalue weighted by atomic mass is 16.1. The molecule has 0 aliphatic rings. The van der Waals surface area contributed by atoms with E-state index in [1.165, 1.54) is 5.56 Å². The summed E-state index contributed by atoms with van der Waals surface area (Å²) in [6, 6.07) is 30.3. The van der Waals surface area contributed by atoms with E-state index in [9.17, 15) is 4.79 Å². The molecule has 2 nitrogen and oxygen atoms in total. The Morgan fingerprint density at radius 2 is 1.37 bits per heavy atom. The maximum Gasteiger partial charge on any atom is 0.168 e. The SMILES string of the molecule is [B]C(=O)C(CCCc1ccccc1)C(Nc1ccccc1)c1ccccc1. The molecule has 0 aliphatic carbocycles. The summed E-state index contributed by atoms with van der Waals surface area (Å²) in [7, 11) is 5.83. The van der Waals surface area contributed by atoms with Gasteiger partial charge in [0.15, 0.2) is 7.85 Å². The van der Waals surface area contributed by atoms with E-state index in [4.69, 9.17) is 7.85 Å². The van der Waals surface area contributed by atoms with Gasteiger partial charge in [-0.05, 0) is 42.5 Å². The Bertz CT molecular complexity index is 821. The number of aryl methyl sites for hydroxylation is 1. The Balaban J connectivity index is 1.77. The van der Waals surface area contributed by atoms with Gasteiger partial charge in [-0.1, -0.05) is 78.9 Å². The third-order valence-corrected chi connectivity index (χ3v) is 4.85. The van der Waals surface area contributed by atoms with Crippen molar-refractivity contribution in [2.24, 2.45) is 5.92 Å². The van der Waals surface area contributed by atoms with E-state index in [2.05, 4.69) is 17.4 Å². The summed E-state index contributed by atoms with van der Waals surface area (Å²) >= 11 is 0. The average molecular weight is 353 g/mol. The molecule has 2 unspecified atom stereocenters. The van der Waals surface area contributed by atoms with Crippen molar-refractivity contribution in [1.29, 1.82) is 0 Å². The molecule has 134 valence electrons. The van der Waals surface area contributed by atoms with Crippen LogP contribution in [0.25, 0.3) is 0 Å². The van der Waals surface area contributed by atoms with Crippen molar-refractivity contribution < 1.29 is 4.79 Å². The predicted octanol–water partition coefficient (Wildman–Crippen LogP) is 5.17. The number of benzene rings is 3. The Hall–Kier alpha value is -2.81. The summed E-state index contributed by atoms with van der Waals surface area (Å²) in [5.74, 6) is -0.281. The Morgan fingerprint density at radius 3 is 1.96 bits per heavy atom. The summed E-state index contributed by atoms with van der Waals surface area (Å²) in [5.41, 5.74) is 3.08. The molecule has 0 heterocycles. The van der Waals surface area contributed by atoms with Gasteiger partial charge in [-0.15, -0.1) is 0 Å². The minimum atomic E-state index is -0.281. The Kier molecular flexibility index (Phi) is 6.87. The lowest BCUT2D eigenvalue weighted by molar-refractivity contribution is -0.115. The second-order valence-electron chi connectivity index (χ2n) is 6.79. The fourth-order valence-electron chi connectivity index (χ4n) is 3.43. The highest BCUT2D eigenvalue weighted by Gasteiger charge is 2.26. The number of para-hydroxylation sites is 1. The summed E-state index contributed by atoms with van der Waals surface area (Å²) in [5, 5.41) is 3.52. The molecular weight excluding hydrogens is 329 g/mol. The summed E-state index contributed by atoms with van der Waals surface area (Å²) < 4.78 is 0. The molecule has 0 bridgehead atoms. The number of nitrogens with one attached hydrogen (secondary N) is 1. The molecule has 0 amide bonds. The van der Waals surface area contributed by atoms with Crippen LogP contribution >= 0.6 is 0 Å². The van der Waals surface area contributed by atoms with Crippen molar-refractivity contribution in [3.05, 3.63) is 102 Å². The lowest BCUT2D eigenvalue weighted by atomic mass is 9.78. The van der Waals surface area contributed by atoms with Gasteiger partial charge in [0.1, 0.15) is 0 Å². The van der Waals surface area contributed by atoms with E-state index < -0.39 is 0 Å². The highest BCUT2D eigenvalue weighted by Crippen LogP contribution is 2.30. The monoisotopic (exact) mass is 353 g/mol. The van der Waals surface area contributed by atoms with Crippen molar-refractivity contribution in [3.8, 4) is 0 Å². The van der Waals surface area contributed by atoms with Crippen LogP contribution in [0.2, 0.25) is 0 Å². The van der Waals surface area contributed by atoms with Crippen LogP contribution in [0.15, 0.2) is 91.0 Å². The zero-order valence-electron chi connectivity index (χ0n) is 15.4. The van der Waals surface area contributed by atoms with Gasteiger partial charge in [0, 0.05) is 11.6 Å². The molecule has 3 rings (SSSR count). The molecule has 1 N–H and O–H groups in total. The summed E-state index contributed by atoms with van der Waals surface area (Å²) in [6.07, 6.45) is 2.60. The molecule has 0 aliphatic heterocycles. The van der Waals surface area contributed by atoms with Gasteiger partial charge in [0.25, 0.3) is 0 Å². The molecular formula is C24H24BNO. The first-order valence-electron chi connectivity index (χ1n) is 9.44. The molecule has 0 aromatic heterocycles. The van der Waals surface area contributed by atoms with E-state index in [1.807, 2.05) is 78.9 Å². The number of rotatable bonds is 9. The maximum absolute atomic E-state index is 12.3. The molecule has 2 radical (unpaired) electrons. The third kappa shape index (κ3) is 5.58. The zero-order valence-corrected chi connectivity index (χ0v) is 15.4. The number of carbonyl (C=O) groups is 1. The number of anilines is 1. The topological polar surface area (TPSA) is 29.1 Å². The minimum absolute atomic E-state index is 0.151. The molecule has 2 atom stereocenters.